The van der Waals surface area contributed by atoms with Gasteiger partial charge >= 0.3 is 0 Å². The molecule has 11 heteroatoms. The van der Waals surface area contributed by atoms with Gasteiger partial charge in [0.25, 0.3) is 11.8 Å². The van der Waals surface area contributed by atoms with Crippen molar-refractivity contribution in [2.24, 2.45) is 17.8 Å². The number of amides is 4. The molecule has 1 N–H and O–H groups in total. The van der Waals surface area contributed by atoms with E-state index in [4.69, 9.17) is 23.2 Å². The Morgan fingerprint density at radius 1 is 0.766 bits per heavy atom. The standard InChI is InChI=1S/C36H24BrCl2FN2O5/c37-18-5-9-20(10-6-18)41-31(44)26-14-13-25-27(29(26)32(41)45)17-35(38)33(46)42(21-11-7-19(40)8-12-21)34(47)36(35,39)30(25)24-15-16-28(43)23-4-2-1-3-22(23)24/h1-13,15-16,26-27,29-30,43H,14,17H2. The number of halogens is 4. The van der Waals surface area contributed by atoms with Gasteiger partial charge in [0.2, 0.25) is 11.8 Å². The first-order chi connectivity index (χ1) is 22.5. The molecule has 3 fully saturated rings. The summed E-state index contributed by atoms with van der Waals surface area (Å²) in [5, 5.41) is 11.8. The molecule has 7 nitrogen and oxygen atoms in total. The minimum absolute atomic E-state index is 0.0126. The van der Waals surface area contributed by atoms with E-state index in [1.165, 1.54) is 23.1 Å². The van der Waals surface area contributed by atoms with Gasteiger partial charge in [0.1, 0.15) is 11.6 Å². The molecule has 4 aromatic carbocycles. The summed E-state index contributed by atoms with van der Waals surface area (Å²) in [6, 6.07) is 22.0. The van der Waals surface area contributed by atoms with Crippen molar-refractivity contribution in [1.82, 2.24) is 0 Å². The predicted octanol–water partition coefficient (Wildman–Crippen LogP) is 7.22. The number of allylic oxidation sites excluding steroid dienone is 2. The van der Waals surface area contributed by atoms with Crippen molar-refractivity contribution < 1.29 is 28.7 Å². The van der Waals surface area contributed by atoms with E-state index in [0.717, 1.165) is 21.5 Å². The third kappa shape index (κ3) is 4.03. The highest BCUT2D eigenvalue weighted by Gasteiger charge is 2.76. The number of carbonyl (C=O) groups is 4. The molecular formula is C36H24BrCl2FN2O5. The summed E-state index contributed by atoms with van der Waals surface area (Å²) in [4.78, 5) is 55.2. The van der Waals surface area contributed by atoms with E-state index >= 15 is 0 Å². The lowest BCUT2D eigenvalue weighted by Gasteiger charge is -2.51. The highest BCUT2D eigenvalue weighted by Crippen LogP contribution is 2.66. The summed E-state index contributed by atoms with van der Waals surface area (Å²) in [6.07, 6.45) is 1.90. The number of anilines is 2. The van der Waals surface area contributed by atoms with Crippen LogP contribution >= 0.6 is 39.1 Å². The Hall–Kier alpha value is -4.05. The SMILES string of the molecule is O=C1C2CC=C3C(CC4(Cl)C(=O)N(c5ccc(F)cc5)C(=O)C4(Cl)C3c3ccc(O)c4ccccc34)C2C(=O)N1c1ccc(Br)cc1. The van der Waals surface area contributed by atoms with Crippen LogP contribution in [0.5, 0.6) is 5.75 Å². The quantitative estimate of drug-likeness (QED) is 0.136. The zero-order valence-corrected chi connectivity index (χ0v) is 27.5. The van der Waals surface area contributed by atoms with Crippen LogP contribution in [-0.2, 0) is 19.2 Å². The van der Waals surface area contributed by atoms with Crippen molar-refractivity contribution in [2.45, 2.75) is 28.5 Å². The lowest BCUT2D eigenvalue weighted by atomic mass is 9.56. The monoisotopic (exact) mass is 732 g/mol. The summed E-state index contributed by atoms with van der Waals surface area (Å²) in [5.41, 5.74) is 1.71. The van der Waals surface area contributed by atoms with Crippen molar-refractivity contribution in [3.8, 4) is 5.75 Å². The molecule has 0 spiro atoms. The molecule has 236 valence electrons. The number of phenolic OH excluding ortho intramolecular Hbond substituents is 1. The lowest BCUT2D eigenvalue weighted by molar-refractivity contribution is -0.125. The van der Waals surface area contributed by atoms with Crippen molar-refractivity contribution in [2.75, 3.05) is 9.80 Å². The Kier molecular flexibility index (Phi) is 6.75. The van der Waals surface area contributed by atoms with Crippen LogP contribution in [0.3, 0.4) is 0 Å². The van der Waals surface area contributed by atoms with Gasteiger partial charge in [-0.1, -0.05) is 57.9 Å². The first-order valence-corrected chi connectivity index (χ1v) is 16.6. The number of aromatic hydroxyl groups is 1. The van der Waals surface area contributed by atoms with Crippen molar-refractivity contribution in [1.29, 1.82) is 0 Å². The summed E-state index contributed by atoms with van der Waals surface area (Å²) >= 11 is 18.4. The fourth-order valence-corrected chi connectivity index (χ4v) is 9.34. The summed E-state index contributed by atoms with van der Waals surface area (Å²) in [5.74, 6) is -6.20. The number of benzene rings is 4. The zero-order chi connectivity index (χ0) is 33.0. The minimum Gasteiger partial charge on any atom is -0.507 e. The topological polar surface area (TPSA) is 95.0 Å². The number of imide groups is 2. The average molecular weight is 734 g/mol. The molecule has 47 heavy (non-hydrogen) atoms. The van der Waals surface area contributed by atoms with Crippen LogP contribution in [0.1, 0.15) is 24.3 Å². The van der Waals surface area contributed by atoms with Gasteiger partial charge in [0.05, 0.1) is 23.2 Å². The Bertz CT molecular complexity index is 2090. The van der Waals surface area contributed by atoms with Crippen LogP contribution in [0.2, 0.25) is 0 Å². The fourth-order valence-electron chi connectivity index (χ4n) is 8.15. The van der Waals surface area contributed by atoms with E-state index in [0.29, 0.717) is 27.6 Å². The molecule has 2 aliphatic heterocycles. The minimum atomic E-state index is -2.08. The second kappa shape index (κ2) is 10.5. The van der Waals surface area contributed by atoms with E-state index in [9.17, 15) is 28.7 Å². The summed E-state index contributed by atoms with van der Waals surface area (Å²) in [6.45, 7) is 0. The van der Waals surface area contributed by atoms with Crippen LogP contribution in [0.25, 0.3) is 10.8 Å². The molecule has 6 unspecified atom stereocenters. The largest absolute Gasteiger partial charge is 0.507 e. The van der Waals surface area contributed by atoms with E-state index in [2.05, 4.69) is 15.9 Å². The van der Waals surface area contributed by atoms with Crippen LogP contribution in [-0.4, -0.2) is 38.5 Å². The maximum absolute atomic E-state index is 14.6. The molecule has 0 bridgehead atoms. The fraction of sp³-hybridized carbons (Fsp3) is 0.222. The number of carbonyl (C=O) groups excluding carboxylic acids is 4. The Morgan fingerprint density at radius 3 is 2.11 bits per heavy atom. The van der Waals surface area contributed by atoms with E-state index in [1.807, 2.05) is 6.08 Å². The average Bonchev–Trinajstić information content (AvgIpc) is 3.40. The van der Waals surface area contributed by atoms with Gasteiger partial charge in [-0.15, -0.1) is 23.2 Å². The maximum Gasteiger partial charge on any atom is 0.258 e. The second-order valence-electron chi connectivity index (χ2n) is 12.5. The first-order valence-electron chi connectivity index (χ1n) is 15.0. The van der Waals surface area contributed by atoms with Gasteiger partial charge in [-0.25, -0.2) is 9.29 Å². The molecule has 6 atom stereocenters. The van der Waals surface area contributed by atoms with Crippen molar-refractivity contribution in [3.05, 3.63) is 112 Å². The molecular weight excluding hydrogens is 710 g/mol. The number of hydrogen-bond donors (Lipinski definition) is 1. The highest BCUT2D eigenvalue weighted by atomic mass is 79.9. The van der Waals surface area contributed by atoms with Crippen LogP contribution in [0.15, 0.2) is 101 Å². The lowest BCUT2D eigenvalue weighted by Crippen LogP contribution is -2.60. The number of rotatable bonds is 3. The molecule has 2 heterocycles. The zero-order valence-electron chi connectivity index (χ0n) is 24.4. The van der Waals surface area contributed by atoms with Gasteiger partial charge in [-0.3, -0.25) is 24.1 Å². The van der Waals surface area contributed by atoms with Crippen LogP contribution < -0.4 is 9.80 Å². The smallest absolute Gasteiger partial charge is 0.258 e. The Labute approximate surface area is 286 Å². The second-order valence-corrected chi connectivity index (χ2v) is 14.6. The molecule has 4 aromatic rings. The predicted molar refractivity (Wildman–Crippen MR) is 179 cm³/mol. The normalized spacial score (nSPS) is 30.0. The summed E-state index contributed by atoms with van der Waals surface area (Å²) < 4.78 is 14.7. The van der Waals surface area contributed by atoms with Gasteiger partial charge in [-0.05, 0) is 84.3 Å². The third-order valence-corrected chi connectivity index (χ3v) is 12.2. The molecule has 4 amide bonds. The molecule has 0 radical (unpaired) electrons. The van der Waals surface area contributed by atoms with Crippen molar-refractivity contribution >= 4 is 84.9 Å². The van der Waals surface area contributed by atoms with E-state index < -0.39 is 57.0 Å². The third-order valence-electron chi connectivity index (χ3n) is 10.2. The van der Waals surface area contributed by atoms with Gasteiger partial charge < -0.3 is 5.11 Å². The number of phenols is 1. The Morgan fingerprint density at radius 2 is 1.40 bits per heavy atom. The molecule has 2 saturated heterocycles. The maximum atomic E-state index is 14.6. The van der Waals surface area contributed by atoms with E-state index in [1.54, 1.807) is 54.6 Å². The van der Waals surface area contributed by atoms with Crippen molar-refractivity contribution in [3.63, 3.8) is 0 Å². The van der Waals surface area contributed by atoms with Gasteiger partial charge in [0, 0.05) is 15.8 Å². The number of hydrogen-bond acceptors (Lipinski definition) is 5. The Balaban J connectivity index is 1.34. The number of nitrogens with zero attached hydrogens (tertiary/aromatic N) is 2. The van der Waals surface area contributed by atoms with Gasteiger partial charge in [-0.2, -0.15) is 0 Å². The first kappa shape index (κ1) is 30.3. The van der Waals surface area contributed by atoms with Crippen LogP contribution in [0.4, 0.5) is 15.8 Å². The number of fused-ring (bicyclic) bond motifs is 5. The van der Waals surface area contributed by atoms with Crippen LogP contribution in [0, 0.1) is 23.6 Å². The molecule has 8 rings (SSSR count). The number of alkyl halides is 2. The summed E-state index contributed by atoms with van der Waals surface area (Å²) in [7, 11) is 0. The molecule has 2 aliphatic carbocycles. The molecule has 0 aromatic heterocycles. The van der Waals surface area contributed by atoms with E-state index in [-0.39, 0.29) is 30.2 Å². The highest BCUT2D eigenvalue weighted by molar-refractivity contribution is 9.10. The van der Waals surface area contributed by atoms with Gasteiger partial charge in [0.15, 0.2) is 9.75 Å². The molecule has 1 saturated carbocycles. The molecule has 4 aliphatic rings.